The largest absolute Gasteiger partial charge is 0.416 e. The van der Waals surface area contributed by atoms with Gasteiger partial charge in [-0.2, -0.15) is 13.2 Å². The molecule has 0 aliphatic heterocycles. The summed E-state index contributed by atoms with van der Waals surface area (Å²) in [5.41, 5.74) is -0.0674. The number of para-hydroxylation sites is 1. The first-order valence-corrected chi connectivity index (χ1v) is 6.15. The van der Waals surface area contributed by atoms with E-state index in [0.717, 1.165) is 12.1 Å². The molecule has 3 nitrogen and oxygen atoms in total. The number of hydrogen-bond acceptors (Lipinski definition) is 1. The van der Waals surface area contributed by atoms with E-state index in [1.165, 1.54) is 24.1 Å². The van der Waals surface area contributed by atoms with E-state index in [-0.39, 0.29) is 5.69 Å². The van der Waals surface area contributed by atoms with Crippen molar-refractivity contribution in [3.05, 3.63) is 60.2 Å². The van der Waals surface area contributed by atoms with Crippen LogP contribution in [0.3, 0.4) is 0 Å². The molecule has 0 aliphatic carbocycles. The van der Waals surface area contributed by atoms with Crippen LogP contribution in [-0.2, 0) is 6.18 Å². The highest BCUT2D eigenvalue weighted by molar-refractivity contribution is 6.01. The molecule has 110 valence electrons. The average Bonchev–Trinajstić information content (AvgIpc) is 2.47. The minimum Gasteiger partial charge on any atom is -0.308 e. The van der Waals surface area contributed by atoms with E-state index in [4.69, 9.17) is 0 Å². The predicted molar refractivity (Wildman–Crippen MR) is 75.3 cm³/mol. The van der Waals surface area contributed by atoms with Gasteiger partial charge in [0, 0.05) is 18.4 Å². The summed E-state index contributed by atoms with van der Waals surface area (Å²) in [6.07, 6.45) is -4.44. The fraction of sp³-hybridized carbons (Fsp3) is 0.133. The molecule has 2 rings (SSSR count). The minimum atomic E-state index is -4.44. The molecule has 0 atom stereocenters. The number of alkyl halides is 3. The molecule has 0 radical (unpaired) electrons. The molecule has 2 aromatic carbocycles. The third kappa shape index (κ3) is 3.75. The molecular formula is C15H13F3N2O. The van der Waals surface area contributed by atoms with Gasteiger partial charge in [-0.05, 0) is 30.3 Å². The van der Waals surface area contributed by atoms with Crippen molar-refractivity contribution < 1.29 is 18.0 Å². The minimum absolute atomic E-state index is 0.0950. The number of carbonyl (C=O) groups is 1. The van der Waals surface area contributed by atoms with Crippen LogP contribution in [-0.4, -0.2) is 13.1 Å². The number of nitrogens with zero attached hydrogens (tertiary/aromatic N) is 1. The van der Waals surface area contributed by atoms with Gasteiger partial charge in [0.2, 0.25) is 0 Å². The van der Waals surface area contributed by atoms with Gasteiger partial charge in [-0.1, -0.05) is 24.3 Å². The summed E-state index contributed by atoms with van der Waals surface area (Å²) in [6, 6.07) is 12.8. The Bertz CT molecular complexity index is 626. The van der Waals surface area contributed by atoms with Gasteiger partial charge in [-0.3, -0.25) is 4.90 Å². The smallest absolute Gasteiger partial charge is 0.308 e. The summed E-state index contributed by atoms with van der Waals surface area (Å²) in [5.74, 6) is 0. The molecule has 0 saturated carbocycles. The van der Waals surface area contributed by atoms with Crippen molar-refractivity contribution in [2.75, 3.05) is 17.3 Å². The standard InChI is InChI=1S/C15H13F3N2O/c1-20(13-8-3-2-4-9-13)14(21)19-12-7-5-6-11(10-12)15(16,17)18/h2-10H,1H3,(H,19,21). The second-order valence-corrected chi connectivity index (χ2v) is 4.40. The Kier molecular flexibility index (Phi) is 4.16. The van der Waals surface area contributed by atoms with Gasteiger partial charge in [-0.25, -0.2) is 4.79 Å². The summed E-state index contributed by atoms with van der Waals surface area (Å²) < 4.78 is 37.8. The molecule has 1 N–H and O–H groups in total. The maximum Gasteiger partial charge on any atom is 0.416 e. The maximum atomic E-state index is 12.6. The number of urea groups is 1. The number of rotatable bonds is 2. The normalized spacial score (nSPS) is 11.0. The van der Waals surface area contributed by atoms with Crippen LogP contribution in [0.1, 0.15) is 5.56 Å². The van der Waals surface area contributed by atoms with E-state index < -0.39 is 17.8 Å². The van der Waals surface area contributed by atoms with E-state index in [1.54, 1.807) is 24.3 Å². The second kappa shape index (κ2) is 5.87. The molecule has 0 fully saturated rings. The van der Waals surface area contributed by atoms with Crippen LogP contribution < -0.4 is 10.2 Å². The third-order valence-corrected chi connectivity index (χ3v) is 2.89. The number of anilines is 2. The first kappa shape index (κ1) is 14.9. The first-order valence-electron chi connectivity index (χ1n) is 6.15. The molecule has 0 aromatic heterocycles. The summed E-state index contributed by atoms with van der Waals surface area (Å²) in [7, 11) is 1.54. The van der Waals surface area contributed by atoms with Crippen molar-refractivity contribution in [3.63, 3.8) is 0 Å². The Morgan fingerprint density at radius 2 is 1.71 bits per heavy atom. The summed E-state index contributed by atoms with van der Waals surface area (Å²) in [4.78, 5) is 13.3. The summed E-state index contributed by atoms with van der Waals surface area (Å²) in [6.45, 7) is 0. The molecule has 0 aliphatic rings. The van der Waals surface area contributed by atoms with Crippen LogP contribution in [0.25, 0.3) is 0 Å². The molecular weight excluding hydrogens is 281 g/mol. The Morgan fingerprint density at radius 3 is 2.33 bits per heavy atom. The molecule has 21 heavy (non-hydrogen) atoms. The van der Waals surface area contributed by atoms with Gasteiger partial charge in [0.1, 0.15) is 0 Å². The van der Waals surface area contributed by atoms with E-state index in [9.17, 15) is 18.0 Å². The van der Waals surface area contributed by atoms with Gasteiger partial charge in [0.25, 0.3) is 0 Å². The lowest BCUT2D eigenvalue weighted by Crippen LogP contribution is -2.31. The zero-order chi connectivity index (χ0) is 15.5. The van der Waals surface area contributed by atoms with Gasteiger partial charge in [0.05, 0.1) is 5.56 Å². The number of hydrogen-bond donors (Lipinski definition) is 1. The zero-order valence-corrected chi connectivity index (χ0v) is 11.2. The van der Waals surface area contributed by atoms with E-state index in [1.807, 2.05) is 6.07 Å². The third-order valence-electron chi connectivity index (χ3n) is 2.89. The van der Waals surface area contributed by atoms with Crippen LogP contribution in [0.2, 0.25) is 0 Å². The fourth-order valence-corrected chi connectivity index (χ4v) is 1.75. The second-order valence-electron chi connectivity index (χ2n) is 4.40. The average molecular weight is 294 g/mol. The van der Waals surface area contributed by atoms with Crippen molar-refractivity contribution in [1.29, 1.82) is 0 Å². The number of amides is 2. The molecule has 0 spiro atoms. The van der Waals surface area contributed by atoms with Crippen molar-refractivity contribution in [2.24, 2.45) is 0 Å². The predicted octanol–water partition coefficient (Wildman–Crippen LogP) is 4.37. The molecule has 0 heterocycles. The van der Waals surface area contributed by atoms with E-state index >= 15 is 0 Å². The lowest BCUT2D eigenvalue weighted by atomic mass is 10.2. The van der Waals surface area contributed by atoms with Crippen molar-refractivity contribution in [3.8, 4) is 0 Å². The van der Waals surface area contributed by atoms with Crippen molar-refractivity contribution in [2.45, 2.75) is 6.18 Å². The molecule has 0 saturated heterocycles. The SMILES string of the molecule is CN(C(=O)Nc1cccc(C(F)(F)F)c1)c1ccccc1. The Hall–Kier alpha value is -2.50. The monoisotopic (exact) mass is 294 g/mol. The number of carbonyl (C=O) groups excluding carboxylic acids is 1. The maximum absolute atomic E-state index is 12.6. The zero-order valence-electron chi connectivity index (χ0n) is 11.2. The lowest BCUT2D eigenvalue weighted by Gasteiger charge is -2.18. The number of benzene rings is 2. The molecule has 2 amide bonds. The van der Waals surface area contributed by atoms with Gasteiger partial charge in [-0.15, -0.1) is 0 Å². The summed E-state index contributed by atoms with van der Waals surface area (Å²) >= 11 is 0. The van der Waals surface area contributed by atoms with Gasteiger partial charge >= 0.3 is 12.2 Å². The Morgan fingerprint density at radius 1 is 1.05 bits per heavy atom. The number of nitrogens with one attached hydrogen (secondary N) is 1. The van der Waals surface area contributed by atoms with Crippen LogP contribution in [0, 0.1) is 0 Å². The van der Waals surface area contributed by atoms with Gasteiger partial charge in [0.15, 0.2) is 0 Å². The van der Waals surface area contributed by atoms with Gasteiger partial charge < -0.3 is 5.32 Å². The summed E-state index contributed by atoms with van der Waals surface area (Å²) in [5, 5.41) is 2.44. The molecule has 0 unspecified atom stereocenters. The quantitative estimate of drug-likeness (QED) is 0.876. The Labute approximate surface area is 120 Å². The van der Waals surface area contributed by atoms with Crippen LogP contribution in [0.4, 0.5) is 29.3 Å². The topological polar surface area (TPSA) is 32.3 Å². The van der Waals surface area contributed by atoms with Crippen molar-refractivity contribution in [1.82, 2.24) is 0 Å². The highest BCUT2D eigenvalue weighted by atomic mass is 19.4. The lowest BCUT2D eigenvalue weighted by molar-refractivity contribution is -0.137. The van der Waals surface area contributed by atoms with Crippen LogP contribution >= 0.6 is 0 Å². The highest BCUT2D eigenvalue weighted by Crippen LogP contribution is 2.30. The molecule has 2 aromatic rings. The van der Waals surface area contributed by atoms with E-state index in [2.05, 4.69) is 5.32 Å². The highest BCUT2D eigenvalue weighted by Gasteiger charge is 2.30. The van der Waals surface area contributed by atoms with Crippen LogP contribution in [0.5, 0.6) is 0 Å². The fourth-order valence-electron chi connectivity index (χ4n) is 1.75. The first-order chi connectivity index (χ1) is 9.88. The van der Waals surface area contributed by atoms with Crippen molar-refractivity contribution >= 4 is 17.4 Å². The Balaban J connectivity index is 2.13. The van der Waals surface area contributed by atoms with E-state index in [0.29, 0.717) is 5.69 Å². The molecule has 0 bridgehead atoms. The molecule has 6 heteroatoms. The van der Waals surface area contributed by atoms with Crippen LogP contribution in [0.15, 0.2) is 54.6 Å². The number of halogens is 3.